The summed E-state index contributed by atoms with van der Waals surface area (Å²) in [6.07, 6.45) is 1.05. The van der Waals surface area contributed by atoms with Crippen molar-refractivity contribution in [3.8, 4) is 0 Å². The Labute approximate surface area is 178 Å². The van der Waals surface area contributed by atoms with Crippen LogP contribution in [0.25, 0.3) is 0 Å². The van der Waals surface area contributed by atoms with Crippen molar-refractivity contribution in [2.75, 3.05) is 20.8 Å². The number of hydrogen-bond donors (Lipinski definition) is 0. The van der Waals surface area contributed by atoms with Gasteiger partial charge in [-0.15, -0.1) is 0 Å². The van der Waals surface area contributed by atoms with E-state index < -0.39 is 23.8 Å². The molecule has 3 rings (SSSR count). The lowest BCUT2D eigenvalue weighted by atomic mass is 9.97. The van der Waals surface area contributed by atoms with E-state index in [4.69, 9.17) is 23.7 Å². The first-order valence-electron chi connectivity index (χ1n) is 10.3. The first kappa shape index (κ1) is 22.9. The highest BCUT2D eigenvalue weighted by Gasteiger charge is 2.53. The second-order valence-electron chi connectivity index (χ2n) is 8.69. The Bertz CT molecular complexity index is 747. The molecule has 4 atom stereocenters. The number of methoxy groups -OCH3 is 1. The summed E-state index contributed by atoms with van der Waals surface area (Å²) in [5.41, 5.74) is 1.14. The van der Waals surface area contributed by atoms with E-state index in [2.05, 4.69) is 17.0 Å². The van der Waals surface area contributed by atoms with Crippen LogP contribution in [0.5, 0.6) is 0 Å². The molecule has 2 fully saturated rings. The molecule has 2 heterocycles. The van der Waals surface area contributed by atoms with E-state index in [0.717, 1.165) is 11.8 Å². The Balaban J connectivity index is 1.93. The van der Waals surface area contributed by atoms with E-state index >= 15 is 0 Å². The van der Waals surface area contributed by atoms with Gasteiger partial charge in [-0.25, -0.2) is 0 Å². The van der Waals surface area contributed by atoms with Gasteiger partial charge in [0.25, 0.3) is 0 Å². The lowest BCUT2D eigenvalue weighted by molar-refractivity contribution is -0.175. The molecule has 7 nitrogen and oxygen atoms in total. The minimum absolute atomic E-state index is 0.297. The van der Waals surface area contributed by atoms with Crippen LogP contribution >= 0.6 is 0 Å². The molecule has 1 aromatic carbocycles. The molecule has 0 spiro atoms. The SMILES string of the molecule is CO/C(=C/C=O)C([C@H]1OC(C)(C)O[C@@H]1[C@H]1COC(C)(C)O1)N(C)Cc1ccccc1. The summed E-state index contributed by atoms with van der Waals surface area (Å²) < 4.78 is 30.1. The van der Waals surface area contributed by atoms with Crippen LogP contribution in [0, 0.1) is 0 Å². The van der Waals surface area contributed by atoms with Gasteiger partial charge >= 0.3 is 0 Å². The summed E-state index contributed by atoms with van der Waals surface area (Å²) in [5, 5.41) is 0. The zero-order valence-corrected chi connectivity index (χ0v) is 18.7. The summed E-state index contributed by atoms with van der Waals surface area (Å²) in [5.74, 6) is -0.977. The summed E-state index contributed by atoms with van der Waals surface area (Å²) >= 11 is 0. The van der Waals surface area contributed by atoms with E-state index in [1.165, 1.54) is 6.08 Å². The van der Waals surface area contributed by atoms with Crippen LogP contribution in [0.3, 0.4) is 0 Å². The van der Waals surface area contributed by atoms with Gasteiger partial charge in [-0.2, -0.15) is 0 Å². The molecule has 166 valence electrons. The normalized spacial score (nSPS) is 29.2. The minimum atomic E-state index is -0.808. The van der Waals surface area contributed by atoms with E-state index in [0.29, 0.717) is 18.9 Å². The Morgan fingerprint density at radius 2 is 1.87 bits per heavy atom. The number of carbonyl (C=O) groups is 1. The fourth-order valence-electron chi connectivity index (χ4n) is 4.18. The lowest BCUT2D eigenvalue weighted by Gasteiger charge is -2.36. The van der Waals surface area contributed by atoms with Gasteiger partial charge in [-0.3, -0.25) is 9.69 Å². The van der Waals surface area contributed by atoms with Crippen molar-refractivity contribution in [1.29, 1.82) is 0 Å². The maximum absolute atomic E-state index is 11.3. The van der Waals surface area contributed by atoms with Crippen molar-refractivity contribution in [2.45, 2.75) is 70.2 Å². The Morgan fingerprint density at radius 3 is 2.43 bits per heavy atom. The van der Waals surface area contributed by atoms with E-state index in [1.807, 2.05) is 52.9 Å². The molecule has 2 saturated heterocycles. The standard InChI is InChI=1S/C23H33NO6/c1-22(2)27-15-18(28-22)20-21(30-23(3,4)29-20)19(17(26-6)12-13-25)24(5)14-16-10-8-7-9-11-16/h7-13,18-21H,14-15H2,1-6H3/b17-12+/t18-,19?,20-,21-/m1/s1. The van der Waals surface area contributed by atoms with Crippen LogP contribution < -0.4 is 0 Å². The molecule has 0 aliphatic carbocycles. The molecule has 0 bridgehead atoms. The summed E-state index contributed by atoms with van der Waals surface area (Å²) in [4.78, 5) is 13.4. The first-order valence-corrected chi connectivity index (χ1v) is 10.3. The van der Waals surface area contributed by atoms with Gasteiger partial charge in [-0.1, -0.05) is 30.3 Å². The van der Waals surface area contributed by atoms with E-state index in [-0.39, 0.29) is 12.1 Å². The third-order valence-corrected chi connectivity index (χ3v) is 5.38. The zero-order valence-electron chi connectivity index (χ0n) is 18.7. The Morgan fingerprint density at radius 1 is 1.17 bits per heavy atom. The minimum Gasteiger partial charge on any atom is -0.499 e. The summed E-state index contributed by atoms with van der Waals surface area (Å²) in [7, 11) is 3.55. The van der Waals surface area contributed by atoms with Gasteiger partial charge < -0.3 is 23.7 Å². The summed E-state index contributed by atoms with van der Waals surface area (Å²) in [6.45, 7) is 8.58. The maximum atomic E-state index is 11.3. The van der Waals surface area contributed by atoms with E-state index in [1.54, 1.807) is 7.11 Å². The Hall–Kier alpha value is -1.77. The van der Waals surface area contributed by atoms with Crippen LogP contribution in [-0.4, -0.2) is 67.9 Å². The average molecular weight is 420 g/mol. The molecular weight excluding hydrogens is 386 g/mol. The van der Waals surface area contributed by atoms with Crippen LogP contribution in [0.2, 0.25) is 0 Å². The van der Waals surface area contributed by atoms with E-state index in [9.17, 15) is 4.79 Å². The number of ether oxygens (including phenoxy) is 5. The number of allylic oxidation sites excluding steroid dienone is 1. The fraction of sp³-hybridized carbons (Fsp3) is 0.609. The molecule has 7 heteroatoms. The molecule has 0 aromatic heterocycles. The second kappa shape index (κ2) is 9.16. The van der Waals surface area contributed by atoms with Crippen LogP contribution in [0.15, 0.2) is 42.2 Å². The molecule has 0 amide bonds. The smallest absolute Gasteiger partial charge is 0.163 e. The summed E-state index contributed by atoms with van der Waals surface area (Å²) in [6, 6.07) is 9.76. The molecule has 0 N–H and O–H groups in total. The van der Waals surface area contributed by atoms with Gasteiger partial charge in [0.2, 0.25) is 0 Å². The topological polar surface area (TPSA) is 66.5 Å². The van der Waals surface area contributed by atoms with Crippen molar-refractivity contribution >= 4 is 6.29 Å². The highest BCUT2D eigenvalue weighted by atomic mass is 16.8. The Kier molecular flexibility index (Phi) is 6.99. The van der Waals surface area contributed by atoms with Crippen molar-refractivity contribution in [2.24, 2.45) is 0 Å². The molecule has 2 aliphatic heterocycles. The predicted octanol–water partition coefficient (Wildman–Crippen LogP) is 2.89. The van der Waals surface area contributed by atoms with Crippen LogP contribution in [-0.2, 0) is 35.0 Å². The number of hydrogen-bond acceptors (Lipinski definition) is 7. The third-order valence-electron chi connectivity index (χ3n) is 5.38. The first-order chi connectivity index (χ1) is 14.2. The molecule has 2 aliphatic rings. The molecule has 0 saturated carbocycles. The zero-order chi connectivity index (χ0) is 21.9. The van der Waals surface area contributed by atoms with Gasteiger partial charge in [0, 0.05) is 12.6 Å². The second-order valence-corrected chi connectivity index (χ2v) is 8.69. The largest absolute Gasteiger partial charge is 0.499 e. The van der Waals surface area contributed by atoms with Gasteiger partial charge in [0.15, 0.2) is 11.6 Å². The number of likely N-dealkylation sites (N-methyl/N-ethyl adjacent to an activating group) is 1. The number of carbonyl (C=O) groups excluding carboxylic acids is 1. The van der Waals surface area contributed by atoms with Gasteiger partial charge in [0.1, 0.15) is 30.4 Å². The number of aldehydes is 1. The third kappa shape index (κ3) is 5.28. The molecule has 0 radical (unpaired) electrons. The van der Waals surface area contributed by atoms with Crippen molar-refractivity contribution in [1.82, 2.24) is 4.90 Å². The quantitative estimate of drug-likeness (QED) is 0.365. The van der Waals surface area contributed by atoms with Gasteiger partial charge in [-0.05, 0) is 40.3 Å². The highest BCUT2D eigenvalue weighted by Crippen LogP contribution is 2.39. The molecule has 1 aromatic rings. The number of benzene rings is 1. The molecule has 30 heavy (non-hydrogen) atoms. The predicted molar refractivity (Wildman–Crippen MR) is 112 cm³/mol. The molecule has 1 unspecified atom stereocenters. The van der Waals surface area contributed by atoms with Crippen molar-refractivity contribution in [3.63, 3.8) is 0 Å². The van der Waals surface area contributed by atoms with Crippen molar-refractivity contribution < 1.29 is 28.5 Å². The average Bonchev–Trinajstić information content (AvgIpc) is 3.20. The van der Waals surface area contributed by atoms with Crippen LogP contribution in [0.4, 0.5) is 0 Å². The van der Waals surface area contributed by atoms with Crippen molar-refractivity contribution in [3.05, 3.63) is 47.7 Å². The lowest BCUT2D eigenvalue weighted by Crippen LogP contribution is -2.51. The molecular formula is C23H33NO6. The maximum Gasteiger partial charge on any atom is 0.163 e. The van der Waals surface area contributed by atoms with Crippen LogP contribution in [0.1, 0.15) is 33.3 Å². The van der Waals surface area contributed by atoms with Gasteiger partial charge in [0.05, 0.1) is 19.8 Å². The highest BCUT2D eigenvalue weighted by molar-refractivity contribution is 5.66. The monoisotopic (exact) mass is 419 g/mol. The number of nitrogens with zero attached hydrogens (tertiary/aromatic N) is 1. The fourth-order valence-corrected chi connectivity index (χ4v) is 4.18. The number of rotatable bonds is 8.